The van der Waals surface area contributed by atoms with E-state index in [1.807, 2.05) is 67.5 Å². The normalized spacial score (nSPS) is 10.1. The van der Waals surface area contributed by atoms with Gasteiger partial charge in [-0.1, -0.05) is 30.3 Å². The molecule has 1 N–H and O–H groups in total. The van der Waals surface area contributed by atoms with Gasteiger partial charge in [0.15, 0.2) is 12.4 Å². The maximum absolute atomic E-state index is 12.2. The first-order valence-corrected chi connectivity index (χ1v) is 9.09. The minimum absolute atomic E-state index is 0.385. The second-order valence-corrected chi connectivity index (χ2v) is 6.48. The minimum atomic E-state index is -0.556. The molecule has 3 aromatic carbocycles. The van der Waals surface area contributed by atoms with Crippen molar-refractivity contribution in [2.24, 2.45) is 0 Å². The van der Waals surface area contributed by atoms with Crippen LogP contribution in [0.25, 0.3) is 0 Å². The van der Waals surface area contributed by atoms with Gasteiger partial charge in [-0.2, -0.15) is 0 Å². The van der Waals surface area contributed by atoms with Crippen molar-refractivity contribution in [2.75, 3.05) is 30.9 Å². The van der Waals surface area contributed by atoms with Crippen molar-refractivity contribution >= 4 is 23.3 Å². The molecule has 148 valence electrons. The highest BCUT2D eigenvalue weighted by Gasteiger charge is 2.13. The van der Waals surface area contributed by atoms with E-state index in [-0.39, 0.29) is 0 Å². The Labute approximate surface area is 169 Å². The first-order chi connectivity index (χ1) is 14.0. The predicted molar refractivity (Wildman–Crippen MR) is 113 cm³/mol. The number of nitrogens with one attached hydrogen (secondary N) is 1. The van der Waals surface area contributed by atoms with Crippen molar-refractivity contribution in [3.63, 3.8) is 0 Å². The third-order valence-electron chi connectivity index (χ3n) is 4.09. The Bertz CT molecular complexity index is 970. The van der Waals surface area contributed by atoms with E-state index >= 15 is 0 Å². The van der Waals surface area contributed by atoms with Gasteiger partial charge >= 0.3 is 5.97 Å². The predicted octanol–water partition coefficient (Wildman–Crippen LogP) is 4.34. The summed E-state index contributed by atoms with van der Waals surface area (Å²) in [6.07, 6.45) is 0. The molecule has 0 aromatic heterocycles. The summed E-state index contributed by atoms with van der Waals surface area (Å²) in [5, 5.41) is 2.71. The van der Waals surface area contributed by atoms with Crippen LogP contribution >= 0.6 is 0 Å². The average Bonchev–Trinajstić information content (AvgIpc) is 2.74. The molecule has 0 atom stereocenters. The Morgan fingerprint density at radius 3 is 2.21 bits per heavy atom. The summed E-state index contributed by atoms with van der Waals surface area (Å²) in [5.74, 6) is 0.145. The van der Waals surface area contributed by atoms with Crippen molar-refractivity contribution in [1.29, 1.82) is 0 Å². The van der Waals surface area contributed by atoms with Crippen LogP contribution in [0.15, 0.2) is 78.9 Å². The molecule has 0 spiro atoms. The summed E-state index contributed by atoms with van der Waals surface area (Å²) < 4.78 is 10.9. The molecule has 6 heteroatoms. The van der Waals surface area contributed by atoms with Gasteiger partial charge in [-0.05, 0) is 48.5 Å². The average molecular weight is 390 g/mol. The zero-order valence-corrected chi connectivity index (χ0v) is 16.3. The summed E-state index contributed by atoms with van der Waals surface area (Å²) in [4.78, 5) is 26.3. The maximum Gasteiger partial charge on any atom is 0.338 e. The lowest BCUT2D eigenvalue weighted by atomic mass is 10.2. The molecular formula is C23H22N2O4. The highest BCUT2D eigenvalue weighted by molar-refractivity contribution is 5.96. The summed E-state index contributed by atoms with van der Waals surface area (Å²) >= 11 is 0. The van der Waals surface area contributed by atoms with Crippen LogP contribution in [-0.2, 0) is 9.53 Å². The summed E-state index contributed by atoms with van der Waals surface area (Å²) in [6, 6.07) is 23.3. The van der Waals surface area contributed by atoms with Crippen molar-refractivity contribution in [1.82, 2.24) is 0 Å². The molecule has 0 fully saturated rings. The molecule has 0 radical (unpaired) electrons. The molecule has 1 amide bonds. The Morgan fingerprint density at radius 2 is 1.52 bits per heavy atom. The third-order valence-corrected chi connectivity index (χ3v) is 4.09. The fraction of sp³-hybridized carbons (Fsp3) is 0.130. The minimum Gasteiger partial charge on any atom is -0.455 e. The molecule has 29 heavy (non-hydrogen) atoms. The van der Waals surface area contributed by atoms with Crippen LogP contribution in [-0.4, -0.2) is 32.6 Å². The molecule has 0 heterocycles. The number of carbonyl (C=O) groups is 2. The standard InChI is InChI=1S/C23H22N2O4/c1-25(2)18-14-12-17(13-15-18)23(27)28-16-22(26)24-20-10-6-7-11-21(20)29-19-8-4-3-5-9-19/h3-15H,16H2,1-2H3,(H,24,26). The van der Waals surface area contributed by atoms with E-state index in [2.05, 4.69) is 5.32 Å². The number of nitrogens with zero attached hydrogens (tertiary/aromatic N) is 1. The second-order valence-electron chi connectivity index (χ2n) is 6.48. The number of benzene rings is 3. The third kappa shape index (κ3) is 5.59. The largest absolute Gasteiger partial charge is 0.455 e. The van der Waals surface area contributed by atoms with E-state index in [1.54, 1.807) is 30.3 Å². The van der Waals surface area contributed by atoms with Crippen LogP contribution in [0.2, 0.25) is 0 Å². The van der Waals surface area contributed by atoms with E-state index in [0.29, 0.717) is 22.7 Å². The van der Waals surface area contributed by atoms with E-state index in [4.69, 9.17) is 9.47 Å². The van der Waals surface area contributed by atoms with E-state index in [9.17, 15) is 9.59 Å². The van der Waals surface area contributed by atoms with Gasteiger partial charge in [-0.25, -0.2) is 4.79 Å². The van der Waals surface area contributed by atoms with Gasteiger partial charge in [0, 0.05) is 19.8 Å². The van der Waals surface area contributed by atoms with Crippen molar-refractivity contribution in [3.8, 4) is 11.5 Å². The van der Waals surface area contributed by atoms with Crippen LogP contribution in [0.1, 0.15) is 10.4 Å². The number of ether oxygens (including phenoxy) is 2. The van der Waals surface area contributed by atoms with Crippen molar-refractivity contribution in [2.45, 2.75) is 0 Å². The van der Waals surface area contributed by atoms with Crippen LogP contribution in [0.5, 0.6) is 11.5 Å². The van der Waals surface area contributed by atoms with E-state index in [1.165, 1.54) is 0 Å². The lowest BCUT2D eigenvalue weighted by molar-refractivity contribution is -0.119. The van der Waals surface area contributed by atoms with Gasteiger partial charge in [0.1, 0.15) is 5.75 Å². The zero-order valence-electron chi connectivity index (χ0n) is 16.3. The molecule has 3 aromatic rings. The molecular weight excluding hydrogens is 368 g/mol. The Morgan fingerprint density at radius 1 is 0.862 bits per heavy atom. The molecule has 0 saturated heterocycles. The van der Waals surface area contributed by atoms with Crippen LogP contribution < -0.4 is 15.0 Å². The Balaban J connectivity index is 1.57. The number of carbonyl (C=O) groups excluding carboxylic acids is 2. The molecule has 6 nitrogen and oxygen atoms in total. The van der Waals surface area contributed by atoms with Crippen LogP contribution in [0, 0.1) is 0 Å². The fourth-order valence-electron chi connectivity index (χ4n) is 2.57. The van der Waals surface area contributed by atoms with Gasteiger partial charge in [0.25, 0.3) is 5.91 Å². The maximum atomic E-state index is 12.2. The summed E-state index contributed by atoms with van der Waals surface area (Å²) in [7, 11) is 3.83. The van der Waals surface area contributed by atoms with E-state index < -0.39 is 18.5 Å². The number of rotatable bonds is 7. The first kappa shape index (κ1) is 19.9. The number of hydrogen-bond acceptors (Lipinski definition) is 5. The molecule has 0 bridgehead atoms. The molecule has 3 rings (SSSR count). The second kappa shape index (κ2) is 9.41. The van der Waals surface area contributed by atoms with Gasteiger partial charge < -0.3 is 19.7 Å². The lowest BCUT2D eigenvalue weighted by Crippen LogP contribution is -2.21. The fourth-order valence-corrected chi connectivity index (χ4v) is 2.57. The summed E-state index contributed by atoms with van der Waals surface area (Å²) in [5.41, 5.74) is 1.85. The van der Waals surface area contributed by atoms with Gasteiger partial charge in [-0.15, -0.1) is 0 Å². The van der Waals surface area contributed by atoms with Crippen LogP contribution in [0.3, 0.4) is 0 Å². The Kier molecular flexibility index (Phi) is 6.47. The number of para-hydroxylation sites is 3. The SMILES string of the molecule is CN(C)c1ccc(C(=O)OCC(=O)Nc2ccccc2Oc2ccccc2)cc1. The van der Waals surface area contributed by atoms with Gasteiger partial charge in [0.05, 0.1) is 11.3 Å². The molecule has 0 aliphatic carbocycles. The number of amides is 1. The van der Waals surface area contributed by atoms with Gasteiger partial charge in [0.2, 0.25) is 0 Å². The smallest absolute Gasteiger partial charge is 0.338 e. The molecule has 0 saturated carbocycles. The van der Waals surface area contributed by atoms with Crippen LogP contribution in [0.4, 0.5) is 11.4 Å². The zero-order chi connectivity index (χ0) is 20.6. The molecule has 0 aliphatic heterocycles. The number of anilines is 2. The molecule has 0 unspecified atom stereocenters. The summed E-state index contributed by atoms with van der Waals surface area (Å²) in [6.45, 7) is -0.395. The van der Waals surface area contributed by atoms with Crippen molar-refractivity contribution in [3.05, 3.63) is 84.4 Å². The highest BCUT2D eigenvalue weighted by atomic mass is 16.5. The number of hydrogen-bond donors (Lipinski definition) is 1. The Hall–Kier alpha value is -3.80. The molecule has 0 aliphatic rings. The quantitative estimate of drug-likeness (QED) is 0.608. The first-order valence-electron chi connectivity index (χ1n) is 9.09. The monoisotopic (exact) mass is 390 g/mol. The lowest BCUT2D eigenvalue weighted by Gasteiger charge is -2.13. The van der Waals surface area contributed by atoms with E-state index in [0.717, 1.165) is 5.69 Å². The topological polar surface area (TPSA) is 67.9 Å². The van der Waals surface area contributed by atoms with Gasteiger partial charge in [-0.3, -0.25) is 4.79 Å². The van der Waals surface area contributed by atoms with Crippen molar-refractivity contribution < 1.29 is 19.1 Å². The highest BCUT2D eigenvalue weighted by Crippen LogP contribution is 2.29. The number of esters is 1.